The van der Waals surface area contributed by atoms with Crippen LogP contribution in [0, 0.1) is 0 Å². The van der Waals surface area contributed by atoms with Gasteiger partial charge in [0, 0.05) is 12.8 Å². The summed E-state index contributed by atoms with van der Waals surface area (Å²) in [6.07, 6.45) is -0.221. The summed E-state index contributed by atoms with van der Waals surface area (Å²) in [6, 6.07) is 4.96. The molecule has 1 rings (SSSR count). The first kappa shape index (κ1) is 16.7. The minimum atomic E-state index is -4.36. The standard InChI is InChI=1S/C15H20F3NO/c16-15(17,18)13-7-5-6-12(10-13)11-14(20)8-3-1-2-4-9-19/h5-7,10H,1-4,8-9,11,19H2. The summed E-state index contributed by atoms with van der Waals surface area (Å²) < 4.78 is 37.6. The highest BCUT2D eigenvalue weighted by molar-refractivity contribution is 5.80. The fraction of sp³-hybridized carbons (Fsp3) is 0.533. The molecular weight excluding hydrogens is 267 g/mol. The van der Waals surface area contributed by atoms with E-state index in [0.717, 1.165) is 37.8 Å². The van der Waals surface area contributed by atoms with Gasteiger partial charge in [-0.1, -0.05) is 31.0 Å². The number of unbranched alkanes of at least 4 members (excludes halogenated alkanes) is 3. The van der Waals surface area contributed by atoms with Crippen molar-refractivity contribution in [2.75, 3.05) is 6.54 Å². The normalized spacial score (nSPS) is 11.6. The van der Waals surface area contributed by atoms with Crippen LogP contribution in [0.3, 0.4) is 0 Å². The summed E-state index contributed by atoms with van der Waals surface area (Å²) in [5.41, 5.74) is 5.08. The van der Waals surface area contributed by atoms with Gasteiger partial charge in [-0.05, 0) is 31.0 Å². The molecular formula is C15H20F3NO. The Bertz CT molecular complexity index is 429. The lowest BCUT2D eigenvalue weighted by molar-refractivity contribution is -0.137. The van der Waals surface area contributed by atoms with Crippen molar-refractivity contribution in [3.05, 3.63) is 35.4 Å². The van der Waals surface area contributed by atoms with E-state index in [2.05, 4.69) is 0 Å². The van der Waals surface area contributed by atoms with Gasteiger partial charge in [-0.2, -0.15) is 13.2 Å². The third kappa shape index (κ3) is 6.19. The third-order valence-corrected chi connectivity index (χ3v) is 3.07. The molecule has 1 aromatic carbocycles. The Labute approximate surface area is 117 Å². The number of hydrogen-bond acceptors (Lipinski definition) is 2. The number of carbonyl (C=O) groups is 1. The lowest BCUT2D eigenvalue weighted by atomic mass is 10.0. The van der Waals surface area contributed by atoms with E-state index in [-0.39, 0.29) is 12.2 Å². The molecule has 0 radical (unpaired) electrons. The number of alkyl halides is 3. The summed E-state index contributed by atoms with van der Waals surface area (Å²) in [7, 11) is 0. The molecule has 0 saturated carbocycles. The second kappa shape index (κ2) is 8.04. The van der Waals surface area contributed by atoms with E-state index in [4.69, 9.17) is 5.73 Å². The molecule has 20 heavy (non-hydrogen) atoms. The van der Waals surface area contributed by atoms with Gasteiger partial charge in [0.1, 0.15) is 5.78 Å². The zero-order chi connectivity index (χ0) is 15.0. The van der Waals surface area contributed by atoms with Gasteiger partial charge in [-0.25, -0.2) is 0 Å². The number of hydrogen-bond donors (Lipinski definition) is 1. The van der Waals surface area contributed by atoms with Crippen LogP contribution in [-0.2, 0) is 17.4 Å². The van der Waals surface area contributed by atoms with Crippen molar-refractivity contribution >= 4 is 5.78 Å². The van der Waals surface area contributed by atoms with Crippen LogP contribution < -0.4 is 5.73 Å². The first-order valence-electron chi connectivity index (χ1n) is 6.81. The van der Waals surface area contributed by atoms with Crippen LogP contribution >= 0.6 is 0 Å². The first-order chi connectivity index (χ1) is 9.43. The van der Waals surface area contributed by atoms with E-state index in [1.54, 1.807) is 6.07 Å². The monoisotopic (exact) mass is 287 g/mol. The number of ketones is 1. The van der Waals surface area contributed by atoms with Gasteiger partial charge in [-0.3, -0.25) is 4.79 Å². The fourth-order valence-corrected chi connectivity index (χ4v) is 1.99. The second-order valence-corrected chi connectivity index (χ2v) is 4.87. The molecule has 0 bridgehead atoms. The Kier molecular flexibility index (Phi) is 6.71. The molecule has 0 saturated heterocycles. The maximum Gasteiger partial charge on any atom is 0.416 e. The Morgan fingerprint density at radius 3 is 2.45 bits per heavy atom. The SMILES string of the molecule is NCCCCCCC(=O)Cc1cccc(C(F)(F)F)c1. The molecule has 0 unspecified atom stereocenters. The predicted molar refractivity (Wildman–Crippen MR) is 72.3 cm³/mol. The van der Waals surface area contributed by atoms with Crippen LogP contribution in [0.4, 0.5) is 13.2 Å². The van der Waals surface area contributed by atoms with Crippen molar-refractivity contribution in [2.24, 2.45) is 5.73 Å². The minimum absolute atomic E-state index is 0.0166. The van der Waals surface area contributed by atoms with E-state index in [9.17, 15) is 18.0 Å². The van der Waals surface area contributed by atoms with Crippen molar-refractivity contribution in [1.82, 2.24) is 0 Å². The van der Waals surface area contributed by atoms with Crippen molar-refractivity contribution in [2.45, 2.75) is 44.7 Å². The number of Topliss-reactive ketones (excluding diaryl/α,β-unsaturated/α-hetero) is 1. The van der Waals surface area contributed by atoms with Gasteiger partial charge < -0.3 is 5.73 Å². The van der Waals surface area contributed by atoms with Gasteiger partial charge in [0.25, 0.3) is 0 Å². The van der Waals surface area contributed by atoms with E-state index in [1.165, 1.54) is 6.07 Å². The summed E-state index contributed by atoms with van der Waals surface area (Å²) in [5, 5.41) is 0. The zero-order valence-corrected chi connectivity index (χ0v) is 11.4. The topological polar surface area (TPSA) is 43.1 Å². The molecule has 0 aliphatic heterocycles. The molecule has 0 heterocycles. The van der Waals surface area contributed by atoms with Gasteiger partial charge in [0.2, 0.25) is 0 Å². The maximum atomic E-state index is 12.5. The average molecular weight is 287 g/mol. The van der Waals surface area contributed by atoms with Crippen molar-refractivity contribution in [3.8, 4) is 0 Å². The molecule has 5 heteroatoms. The van der Waals surface area contributed by atoms with Gasteiger partial charge in [-0.15, -0.1) is 0 Å². The van der Waals surface area contributed by atoms with Crippen LogP contribution in [0.2, 0.25) is 0 Å². The van der Waals surface area contributed by atoms with Crippen LogP contribution in [-0.4, -0.2) is 12.3 Å². The Morgan fingerprint density at radius 2 is 1.80 bits per heavy atom. The molecule has 0 atom stereocenters. The van der Waals surface area contributed by atoms with Crippen LogP contribution in [0.5, 0.6) is 0 Å². The molecule has 2 N–H and O–H groups in total. The lowest BCUT2D eigenvalue weighted by Crippen LogP contribution is -2.07. The molecule has 0 fully saturated rings. The third-order valence-electron chi connectivity index (χ3n) is 3.07. The number of nitrogens with two attached hydrogens (primary N) is 1. The number of benzene rings is 1. The Balaban J connectivity index is 2.42. The van der Waals surface area contributed by atoms with Crippen molar-refractivity contribution in [1.29, 1.82) is 0 Å². The number of carbonyl (C=O) groups excluding carboxylic acids is 1. The maximum absolute atomic E-state index is 12.5. The smallest absolute Gasteiger partial charge is 0.330 e. The Hall–Kier alpha value is -1.36. The van der Waals surface area contributed by atoms with Crippen molar-refractivity contribution < 1.29 is 18.0 Å². The molecule has 0 aliphatic carbocycles. The number of rotatable bonds is 8. The predicted octanol–water partition coefficient (Wildman–Crippen LogP) is 3.73. The van der Waals surface area contributed by atoms with Gasteiger partial charge >= 0.3 is 6.18 Å². The zero-order valence-electron chi connectivity index (χ0n) is 11.4. The quantitative estimate of drug-likeness (QED) is 0.740. The number of halogens is 3. The molecule has 0 aromatic heterocycles. The molecule has 0 amide bonds. The van der Waals surface area contributed by atoms with Gasteiger partial charge in [0.05, 0.1) is 5.56 Å². The molecule has 112 valence electrons. The summed E-state index contributed by atoms with van der Waals surface area (Å²) >= 11 is 0. The minimum Gasteiger partial charge on any atom is -0.330 e. The summed E-state index contributed by atoms with van der Waals surface area (Å²) in [5.74, 6) is -0.0166. The molecule has 0 spiro atoms. The largest absolute Gasteiger partial charge is 0.416 e. The fourth-order valence-electron chi connectivity index (χ4n) is 1.99. The summed E-state index contributed by atoms with van der Waals surface area (Å²) in [4.78, 5) is 11.7. The highest BCUT2D eigenvalue weighted by Gasteiger charge is 2.30. The Morgan fingerprint density at radius 1 is 1.10 bits per heavy atom. The highest BCUT2D eigenvalue weighted by Crippen LogP contribution is 2.29. The molecule has 1 aromatic rings. The molecule has 0 aliphatic rings. The molecule has 2 nitrogen and oxygen atoms in total. The van der Waals surface area contributed by atoms with Crippen molar-refractivity contribution in [3.63, 3.8) is 0 Å². The van der Waals surface area contributed by atoms with Crippen LogP contribution in [0.1, 0.15) is 43.2 Å². The lowest BCUT2D eigenvalue weighted by Gasteiger charge is -2.08. The van der Waals surface area contributed by atoms with E-state index in [0.29, 0.717) is 18.5 Å². The first-order valence-corrected chi connectivity index (χ1v) is 6.81. The van der Waals surface area contributed by atoms with E-state index in [1.807, 2.05) is 0 Å². The average Bonchev–Trinajstić information content (AvgIpc) is 2.38. The van der Waals surface area contributed by atoms with E-state index >= 15 is 0 Å². The van der Waals surface area contributed by atoms with E-state index < -0.39 is 11.7 Å². The second-order valence-electron chi connectivity index (χ2n) is 4.87. The van der Waals surface area contributed by atoms with Crippen LogP contribution in [0.25, 0.3) is 0 Å². The highest BCUT2D eigenvalue weighted by atomic mass is 19.4. The van der Waals surface area contributed by atoms with Gasteiger partial charge in [0.15, 0.2) is 0 Å². The summed E-state index contributed by atoms with van der Waals surface area (Å²) in [6.45, 7) is 0.651. The van der Waals surface area contributed by atoms with Crippen LogP contribution in [0.15, 0.2) is 24.3 Å².